The Morgan fingerprint density at radius 2 is 1.83 bits per heavy atom. The molecule has 0 spiro atoms. The van der Waals surface area contributed by atoms with E-state index in [1.165, 1.54) is 0 Å². The van der Waals surface area contributed by atoms with Crippen LogP contribution in [-0.4, -0.2) is 5.91 Å². The molecule has 0 bridgehead atoms. The fourth-order valence-electron chi connectivity index (χ4n) is 0.657. The Labute approximate surface area is 73.5 Å². The molecular formula is C10H15NO. The van der Waals surface area contributed by atoms with Crippen LogP contribution >= 0.6 is 0 Å². The highest BCUT2D eigenvalue weighted by atomic mass is 16.1. The molecule has 0 rings (SSSR count). The van der Waals surface area contributed by atoms with Gasteiger partial charge in [0, 0.05) is 5.57 Å². The van der Waals surface area contributed by atoms with Crippen molar-refractivity contribution >= 4 is 5.91 Å². The van der Waals surface area contributed by atoms with Crippen LogP contribution in [0.1, 0.15) is 20.8 Å². The number of hydrogen-bond acceptors (Lipinski definition) is 1. The lowest BCUT2D eigenvalue weighted by atomic mass is 10.2. The van der Waals surface area contributed by atoms with E-state index >= 15 is 0 Å². The zero-order valence-electron chi connectivity index (χ0n) is 7.79. The predicted molar refractivity (Wildman–Crippen MR) is 51.5 cm³/mol. The van der Waals surface area contributed by atoms with Gasteiger partial charge < -0.3 is 5.73 Å². The summed E-state index contributed by atoms with van der Waals surface area (Å²) in [5.74, 6) is -0.375. The van der Waals surface area contributed by atoms with E-state index in [9.17, 15) is 4.79 Å². The van der Waals surface area contributed by atoms with Gasteiger partial charge in [-0.15, -0.1) is 0 Å². The van der Waals surface area contributed by atoms with Gasteiger partial charge in [0.1, 0.15) is 0 Å². The van der Waals surface area contributed by atoms with Crippen LogP contribution in [0.15, 0.2) is 35.5 Å². The van der Waals surface area contributed by atoms with E-state index in [4.69, 9.17) is 5.73 Å². The molecule has 12 heavy (non-hydrogen) atoms. The molecule has 0 unspecified atom stereocenters. The second kappa shape index (κ2) is 5.35. The van der Waals surface area contributed by atoms with Gasteiger partial charge in [0.2, 0.25) is 5.91 Å². The Hall–Kier alpha value is -1.31. The molecule has 0 aliphatic rings. The Morgan fingerprint density at radius 1 is 1.25 bits per heavy atom. The van der Waals surface area contributed by atoms with Gasteiger partial charge in [0.25, 0.3) is 0 Å². The first-order chi connectivity index (χ1) is 5.57. The first-order valence-corrected chi connectivity index (χ1v) is 3.85. The summed E-state index contributed by atoms with van der Waals surface area (Å²) in [5, 5.41) is 0. The Bertz CT molecular complexity index is 247. The number of carbonyl (C=O) groups is 1. The molecule has 0 radical (unpaired) electrons. The van der Waals surface area contributed by atoms with Crippen molar-refractivity contribution in [1.82, 2.24) is 0 Å². The van der Waals surface area contributed by atoms with Crippen LogP contribution in [0.3, 0.4) is 0 Å². The maximum atomic E-state index is 10.6. The van der Waals surface area contributed by atoms with E-state index in [0.29, 0.717) is 5.57 Å². The van der Waals surface area contributed by atoms with Crippen molar-refractivity contribution in [3.05, 3.63) is 35.5 Å². The van der Waals surface area contributed by atoms with Crippen LogP contribution in [0.2, 0.25) is 0 Å². The van der Waals surface area contributed by atoms with Gasteiger partial charge in [0.05, 0.1) is 0 Å². The fraction of sp³-hybridized carbons (Fsp3) is 0.300. The topological polar surface area (TPSA) is 43.1 Å². The highest BCUT2D eigenvalue weighted by molar-refractivity contribution is 5.91. The molecule has 0 saturated heterocycles. The summed E-state index contributed by atoms with van der Waals surface area (Å²) < 4.78 is 0. The smallest absolute Gasteiger partial charge is 0.244 e. The number of allylic oxidation sites excluding steroid dienone is 5. The molecule has 2 N–H and O–H groups in total. The SMILES string of the molecule is C\C=C/C(C)=C\C=C(/C)C(N)=O. The molecular weight excluding hydrogens is 150 g/mol. The quantitative estimate of drug-likeness (QED) is 0.504. The molecule has 2 heteroatoms. The van der Waals surface area contributed by atoms with E-state index in [0.717, 1.165) is 5.57 Å². The largest absolute Gasteiger partial charge is 0.366 e. The minimum absolute atomic E-state index is 0.375. The minimum atomic E-state index is -0.375. The van der Waals surface area contributed by atoms with Crippen LogP contribution in [0.25, 0.3) is 0 Å². The number of amides is 1. The number of nitrogens with two attached hydrogens (primary N) is 1. The molecule has 0 saturated carbocycles. The van der Waals surface area contributed by atoms with Crippen LogP contribution in [0.5, 0.6) is 0 Å². The molecule has 0 aliphatic carbocycles. The van der Waals surface area contributed by atoms with Crippen molar-refractivity contribution in [2.24, 2.45) is 5.73 Å². The van der Waals surface area contributed by atoms with Crippen molar-refractivity contribution in [3.8, 4) is 0 Å². The fourth-order valence-corrected chi connectivity index (χ4v) is 0.657. The number of carbonyl (C=O) groups excluding carboxylic acids is 1. The Balaban J connectivity index is 4.37. The number of hydrogen-bond donors (Lipinski definition) is 1. The van der Waals surface area contributed by atoms with Crippen LogP contribution in [0, 0.1) is 0 Å². The number of primary amides is 1. The van der Waals surface area contributed by atoms with E-state index in [1.54, 1.807) is 13.0 Å². The highest BCUT2D eigenvalue weighted by Gasteiger charge is 1.92. The molecule has 0 aromatic heterocycles. The average molecular weight is 165 g/mol. The summed E-state index contributed by atoms with van der Waals surface area (Å²) in [4.78, 5) is 10.6. The summed E-state index contributed by atoms with van der Waals surface area (Å²) in [5.41, 5.74) is 6.71. The summed E-state index contributed by atoms with van der Waals surface area (Å²) in [6.07, 6.45) is 7.49. The first kappa shape index (κ1) is 10.7. The third-order valence-electron chi connectivity index (χ3n) is 1.41. The molecule has 0 aromatic rings. The van der Waals surface area contributed by atoms with Gasteiger partial charge in [0.15, 0.2) is 0 Å². The van der Waals surface area contributed by atoms with Gasteiger partial charge >= 0.3 is 0 Å². The summed E-state index contributed by atoms with van der Waals surface area (Å²) in [6.45, 7) is 5.61. The van der Waals surface area contributed by atoms with E-state index < -0.39 is 0 Å². The van der Waals surface area contributed by atoms with Crippen LogP contribution < -0.4 is 5.73 Å². The Morgan fingerprint density at radius 3 is 2.25 bits per heavy atom. The average Bonchev–Trinajstić information content (AvgIpc) is 2.00. The normalized spacial score (nSPS) is 13.9. The van der Waals surface area contributed by atoms with Gasteiger partial charge in [-0.2, -0.15) is 0 Å². The zero-order valence-corrected chi connectivity index (χ0v) is 7.79. The van der Waals surface area contributed by atoms with E-state index in [-0.39, 0.29) is 5.91 Å². The first-order valence-electron chi connectivity index (χ1n) is 3.85. The molecule has 1 amide bonds. The lowest BCUT2D eigenvalue weighted by Crippen LogP contribution is -2.11. The third kappa shape index (κ3) is 4.50. The third-order valence-corrected chi connectivity index (χ3v) is 1.41. The Kier molecular flexibility index (Phi) is 4.77. The zero-order chi connectivity index (χ0) is 9.56. The lowest BCUT2D eigenvalue weighted by molar-refractivity contribution is -0.114. The predicted octanol–water partition coefficient (Wildman–Crippen LogP) is 1.94. The maximum absolute atomic E-state index is 10.6. The van der Waals surface area contributed by atoms with Crippen molar-refractivity contribution in [2.45, 2.75) is 20.8 Å². The molecule has 0 fully saturated rings. The van der Waals surface area contributed by atoms with Crippen LogP contribution in [-0.2, 0) is 4.79 Å². The lowest BCUT2D eigenvalue weighted by Gasteiger charge is -1.91. The standard InChI is InChI=1S/C10H15NO/c1-4-5-8(2)6-7-9(3)10(11)12/h4-7H,1-3H3,(H2,11,12)/b5-4-,8-6-,9-7+. The molecule has 66 valence electrons. The van der Waals surface area contributed by atoms with Gasteiger partial charge in [-0.05, 0) is 20.8 Å². The molecule has 2 nitrogen and oxygen atoms in total. The molecule has 0 aromatic carbocycles. The monoisotopic (exact) mass is 165 g/mol. The summed E-state index contributed by atoms with van der Waals surface area (Å²) in [6, 6.07) is 0. The second-order valence-electron chi connectivity index (χ2n) is 2.62. The van der Waals surface area contributed by atoms with Gasteiger partial charge in [-0.25, -0.2) is 0 Å². The number of rotatable bonds is 3. The highest BCUT2D eigenvalue weighted by Crippen LogP contribution is 1.98. The molecule has 0 aliphatic heterocycles. The summed E-state index contributed by atoms with van der Waals surface area (Å²) in [7, 11) is 0. The van der Waals surface area contributed by atoms with Crippen LogP contribution in [0.4, 0.5) is 0 Å². The van der Waals surface area contributed by atoms with Gasteiger partial charge in [-0.1, -0.05) is 29.9 Å². The van der Waals surface area contributed by atoms with Crippen molar-refractivity contribution in [1.29, 1.82) is 0 Å². The van der Waals surface area contributed by atoms with Gasteiger partial charge in [-0.3, -0.25) is 4.79 Å². The van der Waals surface area contributed by atoms with Crippen molar-refractivity contribution in [3.63, 3.8) is 0 Å². The molecule has 0 atom stereocenters. The maximum Gasteiger partial charge on any atom is 0.244 e. The van der Waals surface area contributed by atoms with Crippen molar-refractivity contribution in [2.75, 3.05) is 0 Å². The second-order valence-corrected chi connectivity index (χ2v) is 2.62. The van der Waals surface area contributed by atoms with E-state index in [2.05, 4.69) is 0 Å². The minimum Gasteiger partial charge on any atom is -0.366 e. The molecule has 0 heterocycles. The van der Waals surface area contributed by atoms with Crippen molar-refractivity contribution < 1.29 is 4.79 Å². The summed E-state index contributed by atoms with van der Waals surface area (Å²) >= 11 is 0. The van der Waals surface area contributed by atoms with E-state index in [1.807, 2.05) is 32.1 Å².